The number of aromatic nitrogens is 2. The SMILES string of the molecule is Cc1nc2ccc(N(C)C(=O)C(F)(F)F)cc2[nH]1. The Morgan fingerprint density at radius 1 is 1.39 bits per heavy atom. The molecule has 0 atom stereocenters. The van der Waals surface area contributed by atoms with Crippen molar-refractivity contribution in [3.05, 3.63) is 24.0 Å². The number of fused-ring (bicyclic) bond motifs is 1. The molecule has 18 heavy (non-hydrogen) atoms. The molecule has 0 radical (unpaired) electrons. The molecule has 2 aromatic rings. The number of nitrogens with one attached hydrogen (secondary N) is 1. The normalized spacial score (nSPS) is 11.8. The zero-order valence-electron chi connectivity index (χ0n) is 9.67. The Bertz CT molecular complexity index is 603. The third-order valence-corrected chi connectivity index (χ3v) is 2.52. The van der Waals surface area contributed by atoms with Crippen LogP contribution in [0.3, 0.4) is 0 Å². The van der Waals surface area contributed by atoms with Gasteiger partial charge < -0.3 is 9.88 Å². The molecule has 0 spiro atoms. The summed E-state index contributed by atoms with van der Waals surface area (Å²) in [6, 6.07) is 4.44. The van der Waals surface area contributed by atoms with E-state index in [4.69, 9.17) is 0 Å². The van der Waals surface area contributed by atoms with Gasteiger partial charge in [0, 0.05) is 12.7 Å². The largest absolute Gasteiger partial charge is 0.471 e. The number of hydrogen-bond acceptors (Lipinski definition) is 2. The van der Waals surface area contributed by atoms with Crippen LogP contribution in [0.25, 0.3) is 11.0 Å². The van der Waals surface area contributed by atoms with E-state index in [1.165, 1.54) is 12.1 Å². The summed E-state index contributed by atoms with van der Waals surface area (Å²) in [5.74, 6) is -1.25. The molecule has 0 saturated heterocycles. The van der Waals surface area contributed by atoms with Crippen molar-refractivity contribution >= 4 is 22.6 Å². The summed E-state index contributed by atoms with van der Waals surface area (Å²) < 4.78 is 36.9. The summed E-state index contributed by atoms with van der Waals surface area (Å²) >= 11 is 0. The molecule has 0 unspecified atom stereocenters. The van der Waals surface area contributed by atoms with E-state index in [1.54, 1.807) is 13.0 Å². The molecule has 0 aliphatic rings. The van der Waals surface area contributed by atoms with E-state index in [9.17, 15) is 18.0 Å². The Morgan fingerprint density at radius 2 is 2.06 bits per heavy atom. The summed E-state index contributed by atoms with van der Waals surface area (Å²) in [4.78, 5) is 18.7. The van der Waals surface area contributed by atoms with Gasteiger partial charge in [0.1, 0.15) is 5.82 Å². The fourth-order valence-electron chi connectivity index (χ4n) is 1.64. The minimum atomic E-state index is -4.88. The molecule has 2 rings (SSSR count). The van der Waals surface area contributed by atoms with E-state index in [2.05, 4.69) is 9.97 Å². The Morgan fingerprint density at radius 3 is 2.67 bits per heavy atom. The summed E-state index contributed by atoms with van der Waals surface area (Å²) in [7, 11) is 1.08. The quantitative estimate of drug-likeness (QED) is 0.852. The second-order valence-corrected chi connectivity index (χ2v) is 3.89. The van der Waals surface area contributed by atoms with Crippen molar-refractivity contribution in [2.24, 2.45) is 0 Å². The number of anilines is 1. The molecule has 1 aromatic heterocycles. The van der Waals surface area contributed by atoms with Crippen LogP contribution in [0.15, 0.2) is 18.2 Å². The lowest BCUT2D eigenvalue weighted by Gasteiger charge is -2.18. The number of benzene rings is 1. The number of alkyl halides is 3. The number of halogens is 3. The zero-order valence-corrected chi connectivity index (χ0v) is 9.67. The molecule has 1 N–H and O–H groups in total. The molecule has 0 fully saturated rings. The van der Waals surface area contributed by atoms with Crippen molar-refractivity contribution in [3.8, 4) is 0 Å². The lowest BCUT2D eigenvalue weighted by molar-refractivity contribution is -0.170. The van der Waals surface area contributed by atoms with E-state index < -0.39 is 12.1 Å². The number of aromatic amines is 1. The van der Waals surface area contributed by atoms with Gasteiger partial charge in [-0.1, -0.05) is 0 Å². The first-order chi connectivity index (χ1) is 8.29. The van der Waals surface area contributed by atoms with Gasteiger partial charge in [-0.05, 0) is 25.1 Å². The third-order valence-electron chi connectivity index (χ3n) is 2.52. The van der Waals surface area contributed by atoms with Gasteiger partial charge in [0.25, 0.3) is 0 Å². The van der Waals surface area contributed by atoms with Crippen LogP contribution in [0.4, 0.5) is 18.9 Å². The molecule has 1 aromatic carbocycles. The minimum Gasteiger partial charge on any atom is -0.342 e. The van der Waals surface area contributed by atoms with Gasteiger partial charge in [-0.2, -0.15) is 13.2 Å². The van der Waals surface area contributed by atoms with Gasteiger partial charge in [-0.15, -0.1) is 0 Å². The van der Waals surface area contributed by atoms with Crippen LogP contribution >= 0.6 is 0 Å². The topological polar surface area (TPSA) is 49.0 Å². The molecular formula is C11H10F3N3O. The van der Waals surface area contributed by atoms with E-state index in [-0.39, 0.29) is 5.69 Å². The van der Waals surface area contributed by atoms with E-state index >= 15 is 0 Å². The van der Waals surface area contributed by atoms with Crippen molar-refractivity contribution in [3.63, 3.8) is 0 Å². The number of aryl methyl sites for hydroxylation is 1. The van der Waals surface area contributed by atoms with Crippen LogP contribution in [0, 0.1) is 6.92 Å². The van der Waals surface area contributed by atoms with Crippen molar-refractivity contribution in [1.29, 1.82) is 0 Å². The Balaban J connectivity index is 2.39. The second-order valence-electron chi connectivity index (χ2n) is 3.89. The van der Waals surface area contributed by atoms with Gasteiger partial charge in [0.05, 0.1) is 11.0 Å². The molecular weight excluding hydrogens is 247 g/mol. The van der Waals surface area contributed by atoms with Gasteiger partial charge in [-0.3, -0.25) is 4.79 Å². The molecule has 1 amide bonds. The highest BCUT2D eigenvalue weighted by molar-refractivity contribution is 5.98. The number of hydrogen-bond donors (Lipinski definition) is 1. The van der Waals surface area contributed by atoms with Gasteiger partial charge in [0.2, 0.25) is 0 Å². The summed E-state index contributed by atoms with van der Waals surface area (Å²) in [5.41, 5.74) is 1.39. The number of nitrogens with zero attached hydrogens (tertiary/aromatic N) is 2. The molecule has 0 bridgehead atoms. The van der Waals surface area contributed by atoms with E-state index in [0.29, 0.717) is 21.8 Å². The van der Waals surface area contributed by atoms with Crippen molar-refractivity contribution in [1.82, 2.24) is 9.97 Å². The Labute approximate surface area is 100 Å². The first-order valence-electron chi connectivity index (χ1n) is 5.10. The lowest BCUT2D eigenvalue weighted by Crippen LogP contribution is -2.38. The van der Waals surface area contributed by atoms with E-state index in [0.717, 1.165) is 7.05 Å². The molecule has 0 saturated carbocycles. The standard InChI is InChI=1S/C11H10F3N3O/c1-6-15-8-4-3-7(5-9(8)16-6)17(2)10(18)11(12,13)14/h3-5H,1-2H3,(H,15,16). The summed E-state index contributed by atoms with van der Waals surface area (Å²) in [5, 5.41) is 0. The Hall–Kier alpha value is -2.05. The maximum absolute atomic E-state index is 12.3. The van der Waals surface area contributed by atoms with Crippen molar-refractivity contribution < 1.29 is 18.0 Å². The maximum atomic E-state index is 12.3. The highest BCUT2D eigenvalue weighted by Gasteiger charge is 2.41. The predicted molar refractivity (Wildman–Crippen MR) is 60.3 cm³/mol. The predicted octanol–water partition coefficient (Wildman–Crippen LogP) is 2.40. The molecule has 96 valence electrons. The zero-order chi connectivity index (χ0) is 13.5. The van der Waals surface area contributed by atoms with Crippen LogP contribution in [0.1, 0.15) is 5.82 Å². The highest BCUT2D eigenvalue weighted by Crippen LogP contribution is 2.24. The number of imidazole rings is 1. The van der Waals surface area contributed by atoms with E-state index in [1.807, 2.05) is 0 Å². The van der Waals surface area contributed by atoms with Crippen LogP contribution in [0.2, 0.25) is 0 Å². The fourth-order valence-corrected chi connectivity index (χ4v) is 1.64. The minimum absolute atomic E-state index is 0.161. The molecule has 1 heterocycles. The Kier molecular flexibility index (Phi) is 2.76. The summed E-state index contributed by atoms with van der Waals surface area (Å²) in [6.07, 6.45) is -4.88. The van der Waals surface area contributed by atoms with Crippen LogP contribution in [-0.2, 0) is 4.79 Å². The molecule has 7 heteroatoms. The summed E-state index contributed by atoms with van der Waals surface area (Å²) in [6.45, 7) is 1.74. The van der Waals surface area contributed by atoms with Gasteiger partial charge in [0.15, 0.2) is 0 Å². The van der Waals surface area contributed by atoms with Crippen molar-refractivity contribution in [2.45, 2.75) is 13.1 Å². The van der Waals surface area contributed by atoms with Crippen LogP contribution in [-0.4, -0.2) is 29.1 Å². The third kappa shape index (κ3) is 2.15. The number of amides is 1. The number of H-pyrrole nitrogens is 1. The molecule has 0 aliphatic carbocycles. The maximum Gasteiger partial charge on any atom is 0.471 e. The molecule has 0 aliphatic heterocycles. The van der Waals surface area contributed by atoms with Crippen LogP contribution in [0.5, 0.6) is 0 Å². The van der Waals surface area contributed by atoms with Gasteiger partial charge >= 0.3 is 12.1 Å². The average Bonchev–Trinajstić information content (AvgIpc) is 2.64. The average molecular weight is 257 g/mol. The number of carbonyl (C=O) groups is 1. The first-order valence-corrected chi connectivity index (χ1v) is 5.10. The van der Waals surface area contributed by atoms with Gasteiger partial charge in [-0.25, -0.2) is 4.98 Å². The number of rotatable bonds is 1. The monoisotopic (exact) mass is 257 g/mol. The highest BCUT2D eigenvalue weighted by atomic mass is 19.4. The lowest BCUT2D eigenvalue weighted by atomic mass is 10.2. The molecule has 4 nitrogen and oxygen atoms in total. The second kappa shape index (κ2) is 4.01. The van der Waals surface area contributed by atoms with Crippen molar-refractivity contribution in [2.75, 3.05) is 11.9 Å². The number of carbonyl (C=O) groups excluding carboxylic acids is 1. The first kappa shape index (κ1) is 12.4. The fraction of sp³-hybridized carbons (Fsp3) is 0.273. The smallest absolute Gasteiger partial charge is 0.342 e. The van der Waals surface area contributed by atoms with Crippen LogP contribution < -0.4 is 4.90 Å².